The van der Waals surface area contributed by atoms with E-state index in [1.165, 1.54) is 13.0 Å². The molecule has 1 N–H and O–H groups in total. The highest BCUT2D eigenvalue weighted by Crippen LogP contribution is 2.08. The first-order valence-corrected chi connectivity index (χ1v) is 8.10. The fraction of sp³-hybridized carbons (Fsp3) is 0.857. The van der Waals surface area contributed by atoms with Crippen molar-refractivity contribution in [3.63, 3.8) is 0 Å². The molecule has 120 valence electrons. The summed E-state index contributed by atoms with van der Waals surface area (Å²) in [5.74, 6) is 1.39. The molecule has 1 fully saturated rings. The summed E-state index contributed by atoms with van der Waals surface area (Å²) >= 11 is 5.36. The molecule has 21 heavy (non-hydrogen) atoms. The maximum Gasteiger partial charge on any atom is 0.198 e. The first-order chi connectivity index (χ1) is 10.0. The number of aliphatic hydroxyl groups excluding tert-OH is 1. The van der Waals surface area contributed by atoms with Gasteiger partial charge in [-0.3, -0.25) is 4.90 Å². The van der Waals surface area contributed by atoms with E-state index >= 15 is 0 Å². The van der Waals surface area contributed by atoms with Crippen LogP contribution in [0.25, 0.3) is 0 Å². The van der Waals surface area contributed by atoms with Gasteiger partial charge in [-0.05, 0) is 31.1 Å². The Morgan fingerprint density at radius 2 is 1.81 bits per heavy atom. The first kappa shape index (κ1) is 16.6. The van der Waals surface area contributed by atoms with Crippen LogP contribution >= 0.6 is 12.2 Å². The van der Waals surface area contributed by atoms with Gasteiger partial charge in [0.05, 0.1) is 6.67 Å². The van der Waals surface area contributed by atoms with Crippen LogP contribution in [-0.2, 0) is 20.3 Å². The van der Waals surface area contributed by atoms with Crippen molar-refractivity contribution in [2.24, 2.45) is 13.0 Å². The van der Waals surface area contributed by atoms with Crippen LogP contribution in [0.1, 0.15) is 26.1 Å². The highest BCUT2D eigenvalue weighted by Gasteiger charge is 2.18. The summed E-state index contributed by atoms with van der Waals surface area (Å²) in [6.45, 7) is 10.7. The number of rotatable bonds is 6. The second kappa shape index (κ2) is 7.49. The molecule has 0 unspecified atom stereocenters. The smallest absolute Gasteiger partial charge is 0.198 e. The lowest BCUT2D eigenvalue weighted by Crippen LogP contribution is -2.47. The zero-order valence-electron chi connectivity index (χ0n) is 13.3. The van der Waals surface area contributed by atoms with Crippen LogP contribution in [0, 0.1) is 10.7 Å². The van der Waals surface area contributed by atoms with Crippen LogP contribution in [0.5, 0.6) is 0 Å². The molecule has 2 heterocycles. The van der Waals surface area contributed by atoms with Gasteiger partial charge in [-0.2, -0.15) is 5.10 Å². The van der Waals surface area contributed by atoms with Gasteiger partial charge >= 0.3 is 0 Å². The fourth-order valence-electron chi connectivity index (χ4n) is 2.55. The van der Waals surface area contributed by atoms with Crippen LogP contribution in [0.4, 0.5) is 0 Å². The van der Waals surface area contributed by atoms with Crippen molar-refractivity contribution < 1.29 is 5.11 Å². The van der Waals surface area contributed by atoms with Gasteiger partial charge in [0, 0.05) is 33.2 Å². The molecule has 1 saturated heterocycles. The zero-order chi connectivity index (χ0) is 15.4. The Kier molecular flexibility index (Phi) is 5.92. The van der Waals surface area contributed by atoms with E-state index in [-0.39, 0.29) is 6.61 Å². The Morgan fingerprint density at radius 1 is 1.19 bits per heavy atom. The molecule has 0 aromatic carbocycles. The number of aromatic nitrogens is 3. The van der Waals surface area contributed by atoms with Gasteiger partial charge < -0.3 is 14.6 Å². The molecular weight excluding hydrogens is 286 g/mol. The second-order valence-electron chi connectivity index (χ2n) is 6.20. The number of aliphatic hydroxyl groups is 1. The summed E-state index contributed by atoms with van der Waals surface area (Å²) in [5.41, 5.74) is 0. The van der Waals surface area contributed by atoms with Gasteiger partial charge in [0.1, 0.15) is 6.61 Å². The van der Waals surface area contributed by atoms with E-state index in [4.69, 9.17) is 12.2 Å². The Bertz CT molecular complexity index is 502. The highest BCUT2D eigenvalue weighted by molar-refractivity contribution is 7.71. The molecule has 0 radical (unpaired) electrons. The van der Waals surface area contributed by atoms with Crippen molar-refractivity contribution in [1.82, 2.24) is 24.1 Å². The van der Waals surface area contributed by atoms with Crippen molar-refractivity contribution in [1.29, 1.82) is 0 Å². The number of hydrogen-bond acceptors (Lipinski definition) is 5. The summed E-state index contributed by atoms with van der Waals surface area (Å²) < 4.78 is 4.25. The van der Waals surface area contributed by atoms with Gasteiger partial charge in [-0.15, -0.1) is 0 Å². The zero-order valence-corrected chi connectivity index (χ0v) is 14.1. The molecule has 0 bridgehead atoms. The maximum absolute atomic E-state index is 9.24. The Balaban J connectivity index is 1.85. The van der Waals surface area contributed by atoms with E-state index in [1.54, 1.807) is 4.57 Å². The van der Waals surface area contributed by atoms with E-state index in [0.717, 1.165) is 32.1 Å². The molecule has 0 atom stereocenters. The molecule has 1 aromatic heterocycles. The summed E-state index contributed by atoms with van der Waals surface area (Å²) in [6.07, 6.45) is 1.27. The molecule has 1 aliphatic rings. The van der Waals surface area contributed by atoms with E-state index in [1.807, 2.05) is 11.7 Å². The standard InChI is InChI=1S/C14H27N5OS/c1-12(2)4-5-17-6-8-18(9-7-17)11-19-14(21)16(3)13(10-20)15-19/h12,20H,4-11H2,1-3H3. The van der Waals surface area contributed by atoms with Crippen LogP contribution in [0.15, 0.2) is 0 Å². The van der Waals surface area contributed by atoms with Gasteiger partial charge in [0.15, 0.2) is 10.6 Å². The molecule has 0 spiro atoms. The summed E-state index contributed by atoms with van der Waals surface area (Å²) in [6, 6.07) is 0. The summed E-state index contributed by atoms with van der Waals surface area (Å²) in [7, 11) is 1.85. The van der Waals surface area contributed by atoms with E-state index in [0.29, 0.717) is 17.3 Å². The number of nitrogens with zero attached hydrogens (tertiary/aromatic N) is 5. The first-order valence-electron chi connectivity index (χ1n) is 7.69. The SMILES string of the molecule is CC(C)CCN1CCN(Cn2nc(CO)n(C)c2=S)CC1. The van der Waals surface area contributed by atoms with E-state index < -0.39 is 0 Å². The largest absolute Gasteiger partial charge is 0.388 e. The van der Waals surface area contributed by atoms with E-state index in [2.05, 4.69) is 28.7 Å². The molecule has 1 aromatic rings. The fourth-order valence-corrected chi connectivity index (χ4v) is 2.75. The number of piperazine rings is 1. The Labute approximate surface area is 132 Å². The van der Waals surface area contributed by atoms with Crippen LogP contribution in [-0.4, -0.2) is 62.0 Å². The van der Waals surface area contributed by atoms with Crippen LogP contribution < -0.4 is 0 Å². The number of hydrogen-bond donors (Lipinski definition) is 1. The van der Waals surface area contributed by atoms with Gasteiger partial charge in [-0.1, -0.05) is 13.8 Å². The average molecular weight is 313 g/mol. The minimum atomic E-state index is -0.0733. The van der Waals surface area contributed by atoms with Gasteiger partial charge in [0.2, 0.25) is 0 Å². The third-order valence-corrected chi connectivity index (χ3v) is 4.58. The molecule has 7 heteroatoms. The van der Waals surface area contributed by atoms with Crippen molar-refractivity contribution in [3.05, 3.63) is 10.6 Å². The third kappa shape index (κ3) is 4.35. The topological polar surface area (TPSA) is 49.5 Å². The summed E-state index contributed by atoms with van der Waals surface area (Å²) in [4.78, 5) is 4.91. The van der Waals surface area contributed by atoms with Gasteiger partial charge in [0.25, 0.3) is 0 Å². The minimum Gasteiger partial charge on any atom is -0.388 e. The quantitative estimate of drug-likeness (QED) is 0.796. The molecule has 2 rings (SSSR count). The minimum absolute atomic E-state index is 0.0733. The Morgan fingerprint density at radius 3 is 2.33 bits per heavy atom. The molecular formula is C14H27N5OS. The second-order valence-corrected chi connectivity index (χ2v) is 6.56. The monoisotopic (exact) mass is 313 g/mol. The molecule has 6 nitrogen and oxygen atoms in total. The van der Waals surface area contributed by atoms with Crippen molar-refractivity contribution in [2.75, 3.05) is 32.7 Å². The predicted molar refractivity (Wildman–Crippen MR) is 85.4 cm³/mol. The average Bonchev–Trinajstić information content (AvgIpc) is 2.74. The third-order valence-electron chi connectivity index (χ3n) is 4.09. The lowest BCUT2D eigenvalue weighted by molar-refractivity contribution is 0.0990. The van der Waals surface area contributed by atoms with Crippen molar-refractivity contribution in [3.8, 4) is 0 Å². The van der Waals surface area contributed by atoms with Gasteiger partial charge in [-0.25, -0.2) is 4.68 Å². The summed E-state index contributed by atoms with van der Waals surface area (Å²) in [5, 5.41) is 13.6. The maximum atomic E-state index is 9.24. The lowest BCUT2D eigenvalue weighted by atomic mass is 10.1. The molecule has 0 saturated carbocycles. The van der Waals surface area contributed by atoms with Crippen molar-refractivity contribution >= 4 is 12.2 Å². The molecule has 0 amide bonds. The molecule has 1 aliphatic heterocycles. The Hall–Kier alpha value is -0.760. The predicted octanol–water partition coefficient (Wildman–Crippen LogP) is 1.06. The lowest BCUT2D eigenvalue weighted by Gasteiger charge is -2.34. The van der Waals surface area contributed by atoms with E-state index in [9.17, 15) is 5.11 Å². The van der Waals surface area contributed by atoms with Crippen LogP contribution in [0.3, 0.4) is 0 Å². The van der Waals surface area contributed by atoms with Crippen LogP contribution in [0.2, 0.25) is 0 Å². The van der Waals surface area contributed by atoms with Crippen molar-refractivity contribution in [2.45, 2.75) is 33.5 Å². The highest BCUT2D eigenvalue weighted by atomic mass is 32.1. The molecule has 0 aliphatic carbocycles. The normalized spacial score (nSPS) is 17.8.